The fourth-order valence-corrected chi connectivity index (χ4v) is 8.23. The molecular formula is C27H44N2O3. The number of hydrogen-bond acceptors (Lipinski definition) is 3. The summed E-state index contributed by atoms with van der Waals surface area (Å²) in [6.45, 7) is 7.36. The quantitative estimate of drug-likeness (QED) is 0.713. The molecule has 5 nitrogen and oxygen atoms in total. The highest BCUT2D eigenvalue weighted by Gasteiger charge is 2.46. The standard InChI is InChI=1S/C27H44N2O3/c1-18-16-19(2)24-17-22(8-9-23(18)24)20-4-6-21(7-5-20)25(30)28-12-14-29(15-13-28)26(31)27(32)10-3-11-27/h18-24,32H,3-17H2,1-2H3. The maximum Gasteiger partial charge on any atom is 0.254 e. The lowest BCUT2D eigenvalue weighted by atomic mass is 9.64. The predicted molar refractivity (Wildman–Crippen MR) is 125 cm³/mol. The van der Waals surface area contributed by atoms with Crippen LogP contribution in [0.3, 0.4) is 0 Å². The van der Waals surface area contributed by atoms with Crippen LogP contribution in [-0.2, 0) is 9.59 Å². The number of carbonyl (C=O) groups is 2. The highest BCUT2D eigenvalue weighted by Crippen LogP contribution is 2.53. The molecule has 5 heteroatoms. The molecule has 5 unspecified atom stereocenters. The number of hydrogen-bond donors (Lipinski definition) is 1. The average Bonchev–Trinajstić information content (AvgIpc) is 3.09. The molecule has 4 saturated carbocycles. The Morgan fingerprint density at radius 2 is 1.34 bits per heavy atom. The van der Waals surface area contributed by atoms with Gasteiger partial charge in [-0.2, -0.15) is 0 Å². The van der Waals surface area contributed by atoms with Crippen LogP contribution in [0.5, 0.6) is 0 Å². The molecular weight excluding hydrogens is 400 g/mol. The van der Waals surface area contributed by atoms with Gasteiger partial charge in [0.2, 0.25) is 5.91 Å². The SMILES string of the molecule is CC1CC(C)C2CC(C3CCC(C(=O)N4CCN(C(=O)C5(O)CCC5)CC4)CC3)CCC12. The van der Waals surface area contributed by atoms with Crippen molar-refractivity contribution in [2.24, 2.45) is 41.4 Å². The second-order valence-electron chi connectivity index (χ2n) is 12.2. The van der Waals surface area contributed by atoms with E-state index < -0.39 is 5.60 Å². The van der Waals surface area contributed by atoms with E-state index in [9.17, 15) is 14.7 Å². The molecule has 5 atom stereocenters. The third kappa shape index (κ3) is 4.12. The van der Waals surface area contributed by atoms with Gasteiger partial charge in [-0.15, -0.1) is 0 Å². The first-order chi connectivity index (χ1) is 15.4. The van der Waals surface area contributed by atoms with Gasteiger partial charge in [0.15, 0.2) is 0 Å². The molecule has 0 spiro atoms. The first kappa shape index (κ1) is 22.7. The molecule has 2 amide bonds. The first-order valence-electron chi connectivity index (χ1n) is 13.7. The van der Waals surface area contributed by atoms with E-state index in [1.807, 2.05) is 4.90 Å². The lowest BCUT2D eigenvalue weighted by Gasteiger charge is -2.44. The molecule has 1 N–H and O–H groups in total. The zero-order valence-corrected chi connectivity index (χ0v) is 20.3. The number of amides is 2. The number of carbonyl (C=O) groups excluding carboxylic acids is 2. The highest BCUT2D eigenvalue weighted by molar-refractivity contribution is 5.86. The smallest absolute Gasteiger partial charge is 0.254 e. The van der Waals surface area contributed by atoms with Gasteiger partial charge in [-0.3, -0.25) is 9.59 Å². The molecule has 5 fully saturated rings. The van der Waals surface area contributed by atoms with E-state index >= 15 is 0 Å². The molecule has 1 heterocycles. The zero-order valence-electron chi connectivity index (χ0n) is 20.3. The van der Waals surface area contributed by atoms with Crippen molar-refractivity contribution < 1.29 is 14.7 Å². The van der Waals surface area contributed by atoms with Crippen LogP contribution < -0.4 is 0 Å². The maximum absolute atomic E-state index is 13.2. The lowest BCUT2D eigenvalue weighted by molar-refractivity contribution is -0.163. The van der Waals surface area contributed by atoms with Crippen molar-refractivity contribution in [3.8, 4) is 0 Å². The van der Waals surface area contributed by atoms with Gasteiger partial charge in [0, 0.05) is 32.1 Å². The summed E-state index contributed by atoms with van der Waals surface area (Å²) in [6.07, 6.45) is 12.4. The van der Waals surface area contributed by atoms with Crippen molar-refractivity contribution in [1.29, 1.82) is 0 Å². The van der Waals surface area contributed by atoms with Crippen LogP contribution in [0.25, 0.3) is 0 Å². The zero-order chi connectivity index (χ0) is 22.5. The summed E-state index contributed by atoms with van der Waals surface area (Å²) in [7, 11) is 0. The molecule has 0 aromatic rings. The largest absolute Gasteiger partial charge is 0.380 e. The Hall–Kier alpha value is -1.10. The monoisotopic (exact) mass is 444 g/mol. The molecule has 5 rings (SSSR count). The third-order valence-electron chi connectivity index (χ3n) is 10.4. The molecule has 0 radical (unpaired) electrons. The number of fused-ring (bicyclic) bond motifs is 1. The molecule has 0 aromatic carbocycles. The summed E-state index contributed by atoms with van der Waals surface area (Å²) >= 11 is 0. The van der Waals surface area contributed by atoms with Crippen LogP contribution in [0, 0.1) is 41.4 Å². The highest BCUT2D eigenvalue weighted by atomic mass is 16.3. The van der Waals surface area contributed by atoms with Crippen molar-refractivity contribution in [2.75, 3.05) is 26.2 Å². The normalized spacial score (nSPS) is 41.7. The Kier molecular flexibility index (Phi) is 6.32. The summed E-state index contributed by atoms with van der Waals surface area (Å²) in [5.41, 5.74) is -1.11. The van der Waals surface area contributed by atoms with E-state index in [0.29, 0.717) is 44.9 Å². The van der Waals surface area contributed by atoms with E-state index in [1.54, 1.807) is 4.90 Å². The summed E-state index contributed by atoms with van der Waals surface area (Å²) in [6, 6.07) is 0. The Labute approximate surface area is 194 Å². The van der Waals surface area contributed by atoms with Crippen molar-refractivity contribution in [3.05, 3.63) is 0 Å². The molecule has 32 heavy (non-hydrogen) atoms. The summed E-state index contributed by atoms with van der Waals surface area (Å²) < 4.78 is 0. The van der Waals surface area contributed by atoms with Crippen molar-refractivity contribution in [3.63, 3.8) is 0 Å². The van der Waals surface area contributed by atoms with Crippen LogP contribution in [0.4, 0.5) is 0 Å². The average molecular weight is 445 g/mol. The van der Waals surface area contributed by atoms with Gasteiger partial charge in [-0.1, -0.05) is 13.8 Å². The van der Waals surface area contributed by atoms with Crippen LogP contribution >= 0.6 is 0 Å². The molecule has 1 aliphatic heterocycles. The second-order valence-corrected chi connectivity index (χ2v) is 12.2. The van der Waals surface area contributed by atoms with Crippen LogP contribution in [-0.4, -0.2) is 58.5 Å². The predicted octanol–water partition coefficient (Wildman–Crippen LogP) is 4.09. The summed E-state index contributed by atoms with van der Waals surface area (Å²) in [4.78, 5) is 29.5. The van der Waals surface area contributed by atoms with Gasteiger partial charge in [0.05, 0.1) is 0 Å². The van der Waals surface area contributed by atoms with E-state index in [1.165, 1.54) is 38.5 Å². The Morgan fingerprint density at radius 1 is 0.750 bits per heavy atom. The van der Waals surface area contributed by atoms with Crippen LogP contribution in [0.1, 0.15) is 84.5 Å². The maximum atomic E-state index is 13.2. The molecule has 4 aliphatic carbocycles. The molecule has 0 aromatic heterocycles. The van der Waals surface area contributed by atoms with E-state index in [2.05, 4.69) is 13.8 Å². The van der Waals surface area contributed by atoms with Gasteiger partial charge in [-0.05, 0) is 106 Å². The first-order valence-corrected chi connectivity index (χ1v) is 13.7. The van der Waals surface area contributed by atoms with Gasteiger partial charge < -0.3 is 14.9 Å². The minimum Gasteiger partial charge on any atom is -0.380 e. The van der Waals surface area contributed by atoms with Crippen molar-refractivity contribution in [1.82, 2.24) is 9.80 Å². The molecule has 1 saturated heterocycles. The molecule has 0 bridgehead atoms. The van der Waals surface area contributed by atoms with Gasteiger partial charge in [0.25, 0.3) is 5.91 Å². The van der Waals surface area contributed by atoms with E-state index in [-0.39, 0.29) is 11.8 Å². The van der Waals surface area contributed by atoms with Crippen LogP contribution in [0.2, 0.25) is 0 Å². The second kappa shape index (κ2) is 8.92. The third-order valence-corrected chi connectivity index (χ3v) is 10.4. The summed E-state index contributed by atoms with van der Waals surface area (Å²) in [5.74, 6) is 5.90. The van der Waals surface area contributed by atoms with Gasteiger partial charge in [-0.25, -0.2) is 0 Å². The van der Waals surface area contributed by atoms with Crippen molar-refractivity contribution >= 4 is 11.8 Å². The number of nitrogens with zero attached hydrogens (tertiary/aromatic N) is 2. The van der Waals surface area contributed by atoms with Crippen LogP contribution in [0.15, 0.2) is 0 Å². The Balaban J connectivity index is 1.07. The van der Waals surface area contributed by atoms with E-state index in [0.717, 1.165) is 54.8 Å². The minimum absolute atomic E-state index is 0.114. The lowest BCUT2D eigenvalue weighted by Crippen LogP contribution is -2.59. The Bertz CT molecular complexity index is 704. The minimum atomic E-state index is -1.11. The summed E-state index contributed by atoms with van der Waals surface area (Å²) in [5, 5.41) is 10.3. The van der Waals surface area contributed by atoms with E-state index in [4.69, 9.17) is 0 Å². The van der Waals surface area contributed by atoms with Crippen molar-refractivity contribution in [2.45, 2.75) is 90.1 Å². The fraction of sp³-hybridized carbons (Fsp3) is 0.926. The molecule has 5 aliphatic rings. The number of rotatable bonds is 3. The fourth-order valence-electron chi connectivity index (χ4n) is 8.23. The topological polar surface area (TPSA) is 60.9 Å². The molecule has 180 valence electrons. The number of aliphatic hydroxyl groups is 1. The number of piperazine rings is 1. The van der Waals surface area contributed by atoms with Gasteiger partial charge in [0.1, 0.15) is 5.60 Å². The Morgan fingerprint density at radius 3 is 1.97 bits per heavy atom. The van der Waals surface area contributed by atoms with Gasteiger partial charge >= 0.3 is 0 Å².